The Morgan fingerprint density at radius 1 is 0.895 bits per heavy atom. The Labute approximate surface area is 114 Å². The Bertz CT molecular complexity index is 650. The predicted octanol–water partition coefficient (Wildman–Crippen LogP) is 4.70. The highest BCUT2D eigenvalue weighted by Gasteiger charge is 2.67. The van der Waals surface area contributed by atoms with Crippen LogP contribution in [0.4, 0.5) is 0 Å². The van der Waals surface area contributed by atoms with Crippen molar-refractivity contribution in [2.45, 2.75) is 27.7 Å². The lowest BCUT2D eigenvalue weighted by Gasteiger charge is -2.04. The van der Waals surface area contributed by atoms with E-state index in [9.17, 15) is 4.79 Å². The molecular formula is C18H20O. The van der Waals surface area contributed by atoms with E-state index in [0.717, 1.165) is 10.9 Å². The number of benzene rings is 2. The lowest BCUT2D eigenvalue weighted by atomic mass is 9.98. The second-order valence-corrected chi connectivity index (χ2v) is 6.80. The highest BCUT2D eigenvalue weighted by Crippen LogP contribution is 2.69. The Morgan fingerprint density at radius 2 is 1.47 bits per heavy atom. The van der Waals surface area contributed by atoms with Gasteiger partial charge in [-0.3, -0.25) is 4.79 Å². The number of fused-ring (bicyclic) bond motifs is 1. The van der Waals surface area contributed by atoms with Gasteiger partial charge in [-0.05, 0) is 27.7 Å². The number of hydrogen-bond donors (Lipinski definition) is 0. The molecule has 1 nitrogen and oxygen atoms in total. The molecule has 0 heterocycles. The maximum Gasteiger partial charge on any atom is 0.167 e. The smallest absolute Gasteiger partial charge is 0.167 e. The fourth-order valence-corrected chi connectivity index (χ4v) is 3.36. The van der Waals surface area contributed by atoms with Gasteiger partial charge < -0.3 is 0 Å². The SMILES string of the molecule is CC1(C)C(C(=O)c2ccc3ccccc3c2)C1(C)C. The number of Topliss-reactive ketones (excluding diaryl/α,β-unsaturated/α-hetero) is 1. The van der Waals surface area contributed by atoms with E-state index < -0.39 is 0 Å². The first-order chi connectivity index (χ1) is 8.85. The van der Waals surface area contributed by atoms with Crippen LogP contribution in [0, 0.1) is 16.7 Å². The van der Waals surface area contributed by atoms with Crippen molar-refractivity contribution < 1.29 is 4.79 Å². The summed E-state index contributed by atoms with van der Waals surface area (Å²) in [5, 5.41) is 2.33. The summed E-state index contributed by atoms with van der Waals surface area (Å²) in [4.78, 5) is 12.7. The first kappa shape index (κ1) is 12.4. The van der Waals surface area contributed by atoms with E-state index in [0.29, 0.717) is 5.78 Å². The van der Waals surface area contributed by atoms with Gasteiger partial charge >= 0.3 is 0 Å². The minimum Gasteiger partial charge on any atom is -0.294 e. The third-order valence-electron chi connectivity index (χ3n) is 5.32. The van der Waals surface area contributed by atoms with Crippen LogP contribution in [0.5, 0.6) is 0 Å². The molecule has 2 aromatic carbocycles. The van der Waals surface area contributed by atoms with E-state index in [4.69, 9.17) is 0 Å². The van der Waals surface area contributed by atoms with Gasteiger partial charge in [-0.15, -0.1) is 0 Å². The molecule has 0 radical (unpaired) electrons. The van der Waals surface area contributed by atoms with Crippen LogP contribution in [0.3, 0.4) is 0 Å². The molecule has 1 heteroatoms. The summed E-state index contributed by atoms with van der Waals surface area (Å²) in [6.07, 6.45) is 0. The van der Waals surface area contributed by atoms with Gasteiger partial charge in [0.05, 0.1) is 0 Å². The number of hydrogen-bond acceptors (Lipinski definition) is 1. The number of carbonyl (C=O) groups is 1. The van der Waals surface area contributed by atoms with Gasteiger partial charge in [-0.1, -0.05) is 64.1 Å². The van der Waals surface area contributed by atoms with Gasteiger partial charge in [-0.25, -0.2) is 0 Å². The molecule has 1 aliphatic rings. The maximum absolute atomic E-state index is 12.7. The molecule has 0 bridgehead atoms. The van der Waals surface area contributed by atoms with Crippen molar-refractivity contribution in [3.05, 3.63) is 48.0 Å². The first-order valence-electron chi connectivity index (χ1n) is 6.89. The molecule has 0 aromatic heterocycles. The molecule has 2 aromatic rings. The summed E-state index contributed by atoms with van der Waals surface area (Å²) in [5.41, 5.74) is 1.06. The molecule has 1 fully saturated rings. The molecule has 3 rings (SSSR count). The Balaban J connectivity index is 2.00. The first-order valence-corrected chi connectivity index (χ1v) is 6.89. The normalized spacial score (nSPS) is 20.4. The minimum absolute atomic E-state index is 0.107. The van der Waals surface area contributed by atoms with E-state index in [1.807, 2.05) is 30.3 Å². The molecule has 0 unspecified atom stereocenters. The van der Waals surface area contributed by atoms with Crippen LogP contribution in [0.1, 0.15) is 38.1 Å². The zero-order valence-corrected chi connectivity index (χ0v) is 12.0. The predicted molar refractivity (Wildman–Crippen MR) is 79.3 cm³/mol. The van der Waals surface area contributed by atoms with Crippen LogP contribution in [-0.4, -0.2) is 5.78 Å². The number of rotatable bonds is 2. The highest BCUT2D eigenvalue weighted by atomic mass is 16.1. The van der Waals surface area contributed by atoms with Crippen molar-refractivity contribution >= 4 is 16.6 Å². The van der Waals surface area contributed by atoms with Gasteiger partial charge in [0.1, 0.15) is 0 Å². The van der Waals surface area contributed by atoms with Crippen LogP contribution in [0.25, 0.3) is 10.8 Å². The van der Waals surface area contributed by atoms with Crippen molar-refractivity contribution in [1.29, 1.82) is 0 Å². The molecule has 0 saturated heterocycles. The van der Waals surface area contributed by atoms with Crippen molar-refractivity contribution in [2.75, 3.05) is 0 Å². The van der Waals surface area contributed by atoms with Crippen LogP contribution in [-0.2, 0) is 0 Å². The van der Waals surface area contributed by atoms with Crippen molar-refractivity contribution in [3.63, 3.8) is 0 Å². The van der Waals surface area contributed by atoms with Crippen molar-refractivity contribution in [3.8, 4) is 0 Å². The summed E-state index contributed by atoms with van der Waals surface area (Å²) in [6.45, 7) is 8.76. The molecule has 98 valence electrons. The molecule has 0 atom stereocenters. The summed E-state index contributed by atoms with van der Waals surface area (Å²) >= 11 is 0. The molecule has 1 saturated carbocycles. The van der Waals surface area contributed by atoms with Gasteiger partial charge in [0, 0.05) is 11.5 Å². The Morgan fingerprint density at radius 3 is 2.05 bits per heavy atom. The van der Waals surface area contributed by atoms with Gasteiger partial charge in [0.15, 0.2) is 5.78 Å². The number of ketones is 1. The quantitative estimate of drug-likeness (QED) is 0.708. The van der Waals surface area contributed by atoms with Crippen molar-refractivity contribution in [1.82, 2.24) is 0 Å². The monoisotopic (exact) mass is 252 g/mol. The maximum atomic E-state index is 12.7. The third-order valence-corrected chi connectivity index (χ3v) is 5.32. The van der Waals surface area contributed by atoms with Gasteiger partial charge in [0.2, 0.25) is 0 Å². The van der Waals surface area contributed by atoms with Crippen molar-refractivity contribution in [2.24, 2.45) is 16.7 Å². The summed E-state index contributed by atoms with van der Waals surface area (Å²) in [6, 6.07) is 14.2. The molecule has 1 aliphatic carbocycles. The fourth-order valence-electron chi connectivity index (χ4n) is 3.36. The molecule has 0 N–H and O–H groups in total. The zero-order valence-electron chi connectivity index (χ0n) is 12.0. The highest BCUT2D eigenvalue weighted by molar-refractivity contribution is 6.03. The van der Waals surface area contributed by atoms with Crippen LogP contribution >= 0.6 is 0 Å². The molecular weight excluding hydrogens is 232 g/mol. The molecule has 19 heavy (non-hydrogen) atoms. The summed E-state index contributed by atoms with van der Waals surface area (Å²) in [5.74, 6) is 0.432. The lowest BCUT2D eigenvalue weighted by molar-refractivity contribution is 0.0945. The topological polar surface area (TPSA) is 17.1 Å². The molecule has 0 amide bonds. The average molecular weight is 252 g/mol. The fraction of sp³-hybridized carbons (Fsp3) is 0.389. The second kappa shape index (κ2) is 3.69. The standard InChI is InChI=1S/C18H20O/c1-17(2)16(18(17,3)4)15(19)14-10-9-12-7-5-6-8-13(12)11-14/h5-11,16H,1-4H3. The van der Waals surface area contributed by atoms with E-state index in [1.165, 1.54) is 5.39 Å². The largest absolute Gasteiger partial charge is 0.294 e. The Hall–Kier alpha value is -1.63. The lowest BCUT2D eigenvalue weighted by Crippen LogP contribution is -2.07. The Kier molecular flexibility index (Phi) is 2.41. The summed E-state index contributed by atoms with van der Waals surface area (Å²) < 4.78 is 0. The average Bonchev–Trinajstić information content (AvgIpc) is 2.78. The van der Waals surface area contributed by atoms with E-state index >= 15 is 0 Å². The molecule has 0 spiro atoms. The second-order valence-electron chi connectivity index (χ2n) is 6.80. The third kappa shape index (κ3) is 1.64. The summed E-state index contributed by atoms with van der Waals surface area (Å²) in [7, 11) is 0. The van der Waals surface area contributed by atoms with Crippen LogP contribution in [0.15, 0.2) is 42.5 Å². The van der Waals surface area contributed by atoms with Gasteiger partial charge in [-0.2, -0.15) is 0 Å². The molecule has 0 aliphatic heterocycles. The van der Waals surface area contributed by atoms with E-state index in [2.05, 4.69) is 39.8 Å². The minimum atomic E-state index is 0.107. The zero-order chi connectivity index (χ0) is 13.8. The van der Waals surface area contributed by atoms with Crippen LogP contribution < -0.4 is 0 Å². The van der Waals surface area contributed by atoms with E-state index in [-0.39, 0.29) is 16.7 Å². The van der Waals surface area contributed by atoms with Gasteiger partial charge in [0.25, 0.3) is 0 Å². The number of carbonyl (C=O) groups excluding carboxylic acids is 1. The van der Waals surface area contributed by atoms with Crippen LogP contribution in [0.2, 0.25) is 0 Å². The van der Waals surface area contributed by atoms with E-state index in [1.54, 1.807) is 0 Å².